The minimum absolute atomic E-state index is 0.0568. The Bertz CT molecular complexity index is 607. The SMILES string of the molecule is CCOC(=O)Cc1csc2c(Cl)c(O)cc(Cl)c12. The topological polar surface area (TPSA) is 46.5 Å². The fourth-order valence-corrected chi connectivity index (χ4v) is 3.37. The summed E-state index contributed by atoms with van der Waals surface area (Å²) >= 11 is 13.4. The zero-order valence-corrected chi connectivity index (χ0v) is 11.8. The minimum atomic E-state index is -0.308. The Morgan fingerprint density at radius 1 is 1.50 bits per heavy atom. The van der Waals surface area contributed by atoms with Gasteiger partial charge in [-0.1, -0.05) is 23.2 Å². The average Bonchev–Trinajstić information content (AvgIpc) is 2.70. The van der Waals surface area contributed by atoms with Crippen LogP contribution >= 0.6 is 34.5 Å². The van der Waals surface area contributed by atoms with Gasteiger partial charge in [0.15, 0.2) is 0 Å². The summed E-state index contributed by atoms with van der Waals surface area (Å²) in [5.74, 6) is -0.365. The second-order valence-electron chi connectivity index (χ2n) is 3.64. The predicted molar refractivity (Wildman–Crippen MR) is 73.8 cm³/mol. The molecule has 1 N–H and O–H groups in total. The van der Waals surface area contributed by atoms with E-state index in [1.54, 1.807) is 12.3 Å². The van der Waals surface area contributed by atoms with Gasteiger partial charge in [-0.25, -0.2) is 0 Å². The first-order valence-electron chi connectivity index (χ1n) is 5.27. The van der Waals surface area contributed by atoms with Crippen LogP contribution < -0.4 is 0 Å². The molecule has 0 atom stereocenters. The lowest BCUT2D eigenvalue weighted by molar-refractivity contribution is -0.142. The minimum Gasteiger partial charge on any atom is -0.506 e. The normalized spacial score (nSPS) is 10.8. The van der Waals surface area contributed by atoms with Gasteiger partial charge in [-0.3, -0.25) is 4.79 Å². The van der Waals surface area contributed by atoms with E-state index in [2.05, 4.69) is 0 Å². The number of thiophene rings is 1. The van der Waals surface area contributed by atoms with E-state index in [-0.39, 0.29) is 23.2 Å². The highest BCUT2D eigenvalue weighted by atomic mass is 35.5. The van der Waals surface area contributed by atoms with Crippen molar-refractivity contribution in [2.75, 3.05) is 6.61 Å². The smallest absolute Gasteiger partial charge is 0.310 e. The second kappa shape index (κ2) is 5.34. The molecule has 0 spiro atoms. The molecule has 0 saturated carbocycles. The Hall–Kier alpha value is -0.970. The van der Waals surface area contributed by atoms with Gasteiger partial charge in [-0.2, -0.15) is 0 Å². The molecule has 18 heavy (non-hydrogen) atoms. The Kier molecular flexibility index (Phi) is 4.00. The summed E-state index contributed by atoms with van der Waals surface area (Å²) in [5.41, 5.74) is 0.764. The number of esters is 1. The van der Waals surface area contributed by atoms with Gasteiger partial charge in [-0.15, -0.1) is 11.3 Å². The number of halogens is 2. The average molecular weight is 305 g/mol. The van der Waals surface area contributed by atoms with Gasteiger partial charge < -0.3 is 9.84 Å². The van der Waals surface area contributed by atoms with Crippen molar-refractivity contribution >= 4 is 50.6 Å². The molecule has 0 saturated heterocycles. The zero-order valence-electron chi connectivity index (χ0n) is 9.50. The number of carbonyl (C=O) groups excluding carboxylic acids is 1. The molecule has 1 heterocycles. The van der Waals surface area contributed by atoms with Gasteiger partial charge in [0, 0.05) is 11.5 Å². The Morgan fingerprint density at radius 3 is 2.89 bits per heavy atom. The van der Waals surface area contributed by atoms with E-state index in [9.17, 15) is 9.90 Å². The molecule has 6 heteroatoms. The van der Waals surface area contributed by atoms with E-state index < -0.39 is 0 Å². The number of aromatic hydroxyl groups is 1. The van der Waals surface area contributed by atoms with Crippen LogP contribution in [0.25, 0.3) is 10.1 Å². The zero-order chi connectivity index (χ0) is 13.3. The highest BCUT2D eigenvalue weighted by Crippen LogP contribution is 2.42. The van der Waals surface area contributed by atoms with E-state index >= 15 is 0 Å². The Balaban J connectivity index is 2.48. The maximum absolute atomic E-state index is 11.5. The third-order valence-electron chi connectivity index (χ3n) is 2.43. The first kappa shape index (κ1) is 13.5. The van der Waals surface area contributed by atoms with Crippen molar-refractivity contribution in [3.05, 3.63) is 27.1 Å². The number of hydrogen-bond donors (Lipinski definition) is 1. The molecule has 0 unspecified atom stereocenters. The summed E-state index contributed by atoms with van der Waals surface area (Å²) in [7, 11) is 0. The summed E-state index contributed by atoms with van der Waals surface area (Å²) < 4.78 is 5.58. The van der Waals surface area contributed by atoms with Crippen molar-refractivity contribution in [2.24, 2.45) is 0 Å². The number of fused-ring (bicyclic) bond motifs is 1. The van der Waals surface area contributed by atoms with Gasteiger partial charge in [-0.05, 0) is 17.9 Å². The van der Waals surface area contributed by atoms with Crippen LogP contribution in [0.3, 0.4) is 0 Å². The standard InChI is InChI=1S/C12H10Cl2O3S/c1-2-17-9(16)3-6-5-18-12-10(6)7(13)4-8(15)11(12)14/h4-5,15H,2-3H2,1H3. The maximum Gasteiger partial charge on any atom is 0.310 e. The number of phenols is 1. The van der Waals surface area contributed by atoms with Gasteiger partial charge in [0.2, 0.25) is 0 Å². The number of benzene rings is 1. The van der Waals surface area contributed by atoms with Crippen LogP contribution in [-0.2, 0) is 16.0 Å². The number of carbonyl (C=O) groups is 1. The van der Waals surface area contributed by atoms with Crippen LogP contribution in [0.2, 0.25) is 10.0 Å². The van der Waals surface area contributed by atoms with E-state index in [1.807, 2.05) is 0 Å². The van der Waals surface area contributed by atoms with Crippen molar-refractivity contribution in [1.82, 2.24) is 0 Å². The van der Waals surface area contributed by atoms with Crippen LogP contribution in [0.15, 0.2) is 11.4 Å². The number of rotatable bonds is 3. The van der Waals surface area contributed by atoms with Gasteiger partial charge in [0.25, 0.3) is 0 Å². The largest absolute Gasteiger partial charge is 0.506 e. The number of hydrogen-bond acceptors (Lipinski definition) is 4. The van der Waals surface area contributed by atoms with Gasteiger partial charge in [0.1, 0.15) is 10.8 Å². The summed E-state index contributed by atoms with van der Waals surface area (Å²) in [5, 5.41) is 12.7. The van der Waals surface area contributed by atoms with Crippen LogP contribution in [-0.4, -0.2) is 17.7 Å². The van der Waals surface area contributed by atoms with Crippen molar-refractivity contribution in [2.45, 2.75) is 13.3 Å². The Morgan fingerprint density at radius 2 is 2.22 bits per heavy atom. The van der Waals surface area contributed by atoms with Crippen LogP contribution in [0.1, 0.15) is 12.5 Å². The van der Waals surface area contributed by atoms with Crippen LogP contribution in [0, 0.1) is 0 Å². The number of phenolic OH excluding ortho intramolecular Hbond substituents is 1. The van der Waals surface area contributed by atoms with E-state index in [0.29, 0.717) is 21.7 Å². The summed E-state index contributed by atoms with van der Waals surface area (Å²) in [6.07, 6.45) is 0.147. The number of ether oxygens (including phenoxy) is 1. The fourth-order valence-electron chi connectivity index (χ4n) is 1.69. The van der Waals surface area contributed by atoms with Gasteiger partial charge in [0.05, 0.1) is 22.8 Å². The second-order valence-corrected chi connectivity index (χ2v) is 5.30. The van der Waals surface area contributed by atoms with Crippen molar-refractivity contribution in [3.63, 3.8) is 0 Å². The molecule has 2 aromatic rings. The van der Waals surface area contributed by atoms with Crippen LogP contribution in [0.5, 0.6) is 5.75 Å². The molecule has 0 radical (unpaired) electrons. The molecule has 0 aliphatic heterocycles. The third-order valence-corrected chi connectivity index (χ3v) is 4.27. The molecule has 1 aromatic carbocycles. The lowest BCUT2D eigenvalue weighted by Crippen LogP contribution is -2.06. The first-order chi connectivity index (χ1) is 8.54. The fraction of sp³-hybridized carbons (Fsp3) is 0.250. The third kappa shape index (κ3) is 2.41. The lowest BCUT2D eigenvalue weighted by Gasteiger charge is -2.04. The highest BCUT2D eigenvalue weighted by Gasteiger charge is 2.16. The van der Waals surface area contributed by atoms with Crippen molar-refractivity contribution in [3.8, 4) is 5.75 Å². The molecule has 1 aromatic heterocycles. The summed E-state index contributed by atoms with van der Waals surface area (Å²) in [6.45, 7) is 2.10. The first-order valence-corrected chi connectivity index (χ1v) is 6.90. The van der Waals surface area contributed by atoms with E-state index in [1.165, 1.54) is 17.4 Å². The molecule has 0 amide bonds. The highest BCUT2D eigenvalue weighted by molar-refractivity contribution is 7.18. The quantitative estimate of drug-likeness (QED) is 0.871. The van der Waals surface area contributed by atoms with E-state index in [4.69, 9.17) is 27.9 Å². The molecular formula is C12H10Cl2O3S. The molecular weight excluding hydrogens is 295 g/mol. The van der Waals surface area contributed by atoms with Crippen LogP contribution in [0.4, 0.5) is 0 Å². The monoisotopic (exact) mass is 304 g/mol. The molecule has 0 aliphatic carbocycles. The summed E-state index contributed by atoms with van der Waals surface area (Å²) in [6, 6.07) is 1.38. The molecule has 96 valence electrons. The predicted octanol–water partition coefficient (Wildman–Crippen LogP) is 4.02. The maximum atomic E-state index is 11.5. The molecule has 2 rings (SSSR count). The Labute approximate surface area is 118 Å². The lowest BCUT2D eigenvalue weighted by atomic mass is 10.1. The summed E-state index contributed by atoms with van der Waals surface area (Å²) in [4.78, 5) is 11.5. The van der Waals surface area contributed by atoms with Crippen molar-refractivity contribution in [1.29, 1.82) is 0 Å². The van der Waals surface area contributed by atoms with Crippen molar-refractivity contribution < 1.29 is 14.6 Å². The molecule has 0 fully saturated rings. The van der Waals surface area contributed by atoms with Gasteiger partial charge >= 0.3 is 5.97 Å². The van der Waals surface area contributed by atoms with E-state index in [0.717, 1.165) is 5.56 Å². The molecule has 3 nitrogen and oxygen atoms in total. The molecule has 0 bridgehead atoms. The molecule has 0 aliphatic rings.